The number of hydrogen-bond acceptors (Lipinski definition) is 5. The van der Waals surface area contributed by atoms with E-state index < -0.39 is 0 Å². The summed E-state index contributed by atoms with van der Waals surface area (Å²) in [6.45, 7) is 1.43. The molecule has 6 heteroatoms. The number of nitrogens with zero attached hydrogens (tertiary/aromatic N) is 2. The lowest BCUT2D eigenvalue weighted by Gasteiger charge is -2.32. The fraction of sp³-hybridized carbons (Fsp3) is 0.500. The van der Waals surface area contributed by atoms with E-state index in [1.807, 2.05) is 0 Å². The predicted molar refractivity (Wildman–Crippen MR) is 67.8 cm³/mol. The molecule has 1 amide bonds. The van der Waals surface area contributed by atoms with Crippen LogP contribution >= 0.6 is 0 Å². The zero-order valence-corrected chi connectivity index (χ0v) is 10.2. The normalized spacial score (nSPS) is 19.7. The van der Waals surface area contributed by atoms with Crippen molar-refractivity contribution in [2.75, 3.05) is 25.1 Å². The molecule has 1 atom stereocenters. The van der Waals surface area contributed by atoms with Crippen molar-refractivity contribution in [2.24, 2.45) is 11.8 Å². The van der Waals surface area contributed by atoms with Gasteiger partial charge >= 0.3 is 0 Å². The summed E-state index contributed by atoms with van der Waals surface area (Å²) in [5.74, 6) is 5.82. The van der Waals surface area contributed by atoms with Crippen molar-refractivity contribution in [3.8, 4) is 0 Å². The summed E-state index contributed by atoms with van der Waals surface area (Å²) >= 11 is 0. The number of hydrogen-bond donors (Lipinski definition) is 3. The number of piperidine rings is 1. The number of aromatic nitrogens is 1. The molecule has 2 heterocycles. The summed E-state index contributed by atoms with van der Waals surface area (Å²) in [7, 11) is 0. The van der Waals surface area contributed by atoms with Crippen molar-refractivity contribution in [3.05, 3.63) is 23.9 Å². The van der Waals surface area contributed by atoms with Gasteiger partial charge in [0.1, 0.15) is 0 Å². The van der Waals surface area contributed by atoms with E-state index in [1.54, 1.807) is 23.2 Å². The van der Waals surface area contributed by atoms with Gasteiger partial charge in [0, 0.05) is 25.9 Å². The minimum absolute atomic E-state index is 0.0887. The molecular weight excluding hydrogens is 232 g/mol. The molecule has 1 fully saturated rings. The summed E-state index contributed by atoms with van der Waals surface area (Å²) in [5.41, 5.74) is 2.90. The molecule has 0 saturated carbocycles. The minimum Gasteiger partial charge on any atom is -0.396 e. The molecule has 0 spiro atoms. The van der Waals surface area contributed by atoms with Crippen molar-refractivity contribution in [1.82, 2.24) is 9.88 Å². The first kappa shape index (κ1) is 12.8. The Morgan fingerprint density at radius 1 is 1.67 bits per heavy atom. The van der Waals surface area contributed by atoms with Gasteiger partial charge in [0.15, 0.2) is 5.82 Å². The number of likely N-dealkylation sites (tertiary alicyclic amines) is 1. The fourth-order valence-electron chi connectivity index (χ4n) is 2.26. The Morgan fingerprint density at radius 3 is 3.22 bits per heavy atom. The van der Waals surface area contributed by atoms with Crippen molar-refractivity contribution in [3.63, 3.8) is 0 Å². The van der Waals surface area contributed by atoms with E-state index in [1.165, 1.54) is 0 Å². The van der Waals surface area contributed by atoms with Gasteiger partial charge in [0.25, 0.3) is 5.91 Å². The van der Waals surface area contributed by atoms with Crippen LogP contribution in [0.25, 0.3) is 0 Å². The number of aliphatic hydroxyl groups is 1. The lowest BCUT2D eigenvalue weighted by Crippen LogP contribution is -2.41. The number of aliphatic hydroxyl groups excluding tert-OH is 1. The van der Waals surface area contributed by atoms with Crippen molar-refractivity contribution in [1.29, 1.82) is 0 Å². The first-order valence-electron chi connectivity index (χ1n) is 6.08. The van der Waals surface area contributed by atoms with E-state index in [2.05, 4.69) is 10.4 Å². The first-order valence-corrected chi connectivity index (χ1v) is 6.08. The van der Waals surface area contributed by atoms with E-state index in [-0.39, 0.29) is 18.4 Å². The van der Waals surface area contributed by atoms with Crippen LogP contribution < -0.4 is 11.3 Å². The van der Waals surface area contributed by atoms with Gasteiger partial charge in [-0.15, -0.1) is 0 Å². The monoisotopic (exact) mass is 250 g/mol. The second-order valence-electron chi connectivity index (χ2n) is 4.49. The molecule has 0 bridgehead atoms. The maximum Gasteiger partial charge on any atom is 0.257 e. The SMILES string of the molecule is NNc1ncccc1C(=O)N1CCCC(CO)C1. The Morgan fingerprint density at radius 2 is 2.50 bits per heavy atom. The maximum absolute atomic E-state index is 12.3. The zero-order valence-electron chi connectivity index (χ0n) is 10.2. The number of rotatable bonds is 3. The molecule has 0 radical (unpaired) electrons. The number of nitrogens with two attached hydrogens (primary N) is 1. The highest BCUT2D eigenvalue weighted by Gasteiger charge is 2.25. The largest absolute Gasteiger partial charge is 0.396 e. The number of carbonyl (C=O) groups is 1. The topological polar surface area (TPSA) is 91.5 Å². The van der Waals surface area contributed by atoms with Crippen LogP contribution in [0.2, 0.25) is 0 Å². The Kier molecular flexibility index (Phi) is 4.11. The van der Waals surface area contributed by atoms with Gasteiger partial charge < -0.3 is 15.4 Å². The van der Waals surface area contributed by atoms with Crippen LogP contribution in [-0.4, -0.2) is 40.6 Å². The molecule has 0 aliphatic carbocycles. The van der Waals surface area contributed by atoms with E-state index >= 15 is 0 Å². The Hall–Kier alpha value is -1.66. The van der Waals surface area contributed by atoms with Crippen LogP contribution in [0.5, 0.6) is 0 Å². The summed E-state index contributed by atoms with van der Waals surface area (Å²) in [5, 5.41) is 9.18. The first-order chi connectivity index (χ1) is 8.76. The zero-order chi connectivity index (χ0) is 13.0. The van der Waals surface area contributed by atoms with Crippen LogP contribution in [0.3, 0.4) is 0 Å². The summed E-state index contributed by atoms with van der Waals surface area (Å²) in [6.07, 6.45) is 3.47. The molecule has 1 aliphatic heterocycles. The third-order valence-electron chi connectivity index (χ3n) is 3.24. The molecule has 0 aromatic carbocycles. The molecule has 1 aliphatic rings. The molecule has 4 N–H and O–H groups in total. The second-order valence-corrected chi connectivity index (χ2v) is 4.49. The third kappa shape index (κ3) is 2.60. The number of anilines is 1. The van der Waals surface area contributed by atoms with Crippen molar-refractivity contribution < 1.29 is 9.90 Å². The average molecular weight is 250 g/mol. The quantitative estimate of drug-likeness (QED) is 0.527. The molecule has 1 aromatic heterocycles. The Balaban J connectivity index is 2.15. The standard InChI is InChI=1S/C12H18N4O2/c13-15-11-10(4-1-5-14-11)12(18)16-6-2-3-9(7-16)8-17/h1,4-5,9,17H,2-3,6-8,13H2,(H,14,15). The number of carbonyl (C=O) groups excluding carboxylic acids is 1. The molecule has 1 saturated heterocycles. The molecule has 98 valence electrons. The molecule has 1 aromatic rings. The number of pyridine rings is 1. The van der Waals surface area contributed by atoms with Crippen LogP contribution in [0.15, 0.2) is 18.3 Å². The highest BCUT2D eigenvalue weighted by molar-refractivity contribution is 5.98. The third-order valence-corrected chi connectivity index (χ3v) is 3.24. The lowest BCUT2D eigenvalue weighted by atomic mass is 9.98. The van der Waals surface area contributed by atoms with E-state index in [0.717, 1.165) is 12.8 Å². The Bertz CT molecular complexity index is 424. The molecule has 1 unspecified atom stereocenters. The Labute approximate surface area is 106 Å². The highest BCUT2D eigenvalue weighted by Crippen LogP contribution is 2.20. The van der Waals surface area contributed by atoms with Gasteiger partial charge in [-0.05, 0) is 30.9 Å². The van der Waals surface area contributed by atoms with Crippen molar-refractivity contribution >= 4 is 11.7 Å². The van der Waals surface area contributed by atoms with Crippen molar-refractivity contribution in [2.45, 2.75) is 12.8 Å². The van der Waals surface area contributed by atoms with Crippen LogP contribution in [0.4, 0.5) is 5.82 Å². The van der Waals surface area contributed by atoms with Crippen LogP contribution in [0, 0.1) is 5.92 Å². The summed E-state index contributed by atoms with van der Waals surface area (Å²) < 4.78 is 0. The number of hydrazine groups is 1. The van der Waals surface area contributed by atoms with Gasteiger partial charge in [-0.2, -0.15) is 0 Å². The highest BCUT2D eigenvalue weighted by atomic mass is 16.3. The summed E-state index contributed by atoms with van der Waals surface area (Å²) in [6, 6.07) is 3.41. The molecule has 6 nitrogen and oxygen atoms in total. The van der Waals surface area contributed by atoms with E-state index in [0.29, 0.717) is 24.5 Å². The number of nitrogens with one attached hydrogen (secondary N) is 1. The summed E-state index contributed by atoms with van der Waals surface area (Å²) in [4.78, 5) is 18.1. The fourth-order valence-corrected chi connectivity index (χ4v) is 2.26. The van der Waals surface area contributed by atoms with E-state index in [4.69, 9.17) is 5.84 Å². The smallest absolute Gasteiger partial charge is 0.257 e. The molecular formula is C12H18N4O2. The predicted octanol–water partition coefficient (Wildman–Crippen LogP) is 0.212. The van der Waals surface area contributed by atoms with Crippen LogP contribution in [-0.2, 0) is 0 Å². The van der Waals surface area contributed by atoms with Gasteiger partial charge in [0.2, 0.25) is 0 Å². The van der Waals surface area contributed by atoms with Gasteiger partial charge in [-0.3, -0.25) is 4.79 Å². The number of nitrogen functional groups attached to an aromatic ring is 1. The average Bonchev–Trinajstić information content (AvgIpc) is 2.46. The van der Waals surface area contributed by atoms with E-state index in [9.17, 15) is 9.90 Å². The van der Waals surface area contributed by atoms with Gasteiger partial charge in [0.05, 0.1) is 5.56 Å². The maximum atomic E-state index is 12.3. The number of amides is 1. The minimum atomic E-state index is -0.0887. The van der Waals surface area contributed by atoms with Crippen LogP contribution in [0.1, 0.15) is 23.2 Å². The van der Waals surface area contributed by atoms with Gasteiger partial charge in [-0.1, -0.05) is 0 Å². The molecule has 18 heavy (non-hydrogen) atoms. The second kappa shape index (κ2) is 5.79. The lowest BCUT2D eigenvalue weighted by molar-refractivity contribution is 0.0621. The van der Waals surface area contributed by atoms with Gasteiger partial charge in [-0.25, -0.2) is 10.8 Å². The molecule has 2 rings (SSSR count).